The Bertz CT molecular complexity index is 764. The van der Waals surface area contributed by atoms with Crippen LogP contribution in [0, 0.1) is 6.92 Å². The van der Waals surface area contributed by atoms with Gasteiger partial charge in [0.1, 0.15) is 5.15 Å². The number of rotatable bonds is 3. The minimum absolute atomic E-state index is 0.536. The van der Waals surface area contributed by atoms with E-state index in [9.17, 15) is 0 Å². The molecule has 3 rings (SSSR count). The fourth-order valence-electron chi connectivity index (χ4n) is 2.25. The van der Waals surface area contributed by atoms with E-state index in [1.165, 1.54) is 10.4 Å². The molecule has 2 aromatic heterocycles. The van der Waals surface area contributed by atoms with Crippen molar-refractivity contribution in [2.45, 2.75) is 26.7 Å². The van der Waals surface area contributed by atoms with Gasteiger partial charge in [0.05, 0.1) is 10.4 Å². The third kappa shape index (κ3) is 2.56. The Morgan fingerprint density at radius 2 is 2.00 bits per heavy atom. The number of thiophene rings is 1. The van der Waals surface area contributed by atoms with Crippen LogP contribution in [0.25, 0.3) is 21.6 Å². The molecule has 0 radical (unpaired) electrons. The molecule has 0 unspecified atom stereocenters. The van der Waals surface area contributed by atoms with Crippen LogP contribution in [0.3, 0.4) is 0 Å². The third-order valence-electron chi connectivity index (χ3n) is 3.21. The van der Waals surface area contributed by atoms with Crippen LogP contribution in [0.1, 0.15) is 23.8 Å². The normalized spacial score (nSPS) is 11.2. The molecule has 0 atom stereocenters. The van der Waals surface area contributed by atoms with Crippen molar-refractivity contribution in [2.24, 2.45) is 0 Å². The molecule has 0 N–H and O–H groups in total. The van der Waals surface area contributed by atoms with Crippen LogP contribution in [-0.2, 0) is 6.42 Å². The maximum absolute atomic E-state index is 6.34. The van der Waals surface area contributed by atoms with Gasteiger partial charge in [0.15, 0.2) is 5.82 Å². The SMILES string of the molecule is CCCc1ccc2nc(-c3ccc(C)s3)nc(Cl)c2c1. The number of fused-ring (bicyclic) bond motifs is 1. The van der Waals surface area contributed by atoms with Gasteiger partial charge >= 0.3 is 0 Å². The summed E-state index contributed by atoms with van der Waals surface area (Å²) in [5.74, 6) is 0.712. The lowest BCUT2D eigenvalue weighted by Crippen LogP contribution is -1.92. The smallest absolute Gasteiger partial charge is 0.171 e. The summed E-state index contributed by atoms with van der Waals surface area (Å²) in [7, 11) is 0. The van der Waals surface area contributed by atoms with Crippen molar-refractivity contribution < 1.29 is 0 Å². The molecule has 0 bridgehead atoms. The first-order chi connectivity index (χ1) is 9.67. The van der Waals surface area contributed by atoms with Crippen LogP contribution >= 0.6 is 22.9 Å². The fraction of sp³-hybridized carbons (Fsp3) is 0.250. The third-order valence-corrected chi connectivity index (χ3v) is 4.50. The zero-order chi connectivity index (χ0) is 14.1. The summed E-state index contributed by atoms with van der Waals surface area (Å²) in [5.41, 5.74) is 2.19. The number of aryl methyl sites for hydroxylation is 2. The molecule has 102 valence electrons. The van der Waals surface area contributed by atoms with Gasteiger partial charge in [-0.2, -0.15) is 0 Å². The van der Waals surface area contributed by atoms with Crippen molar-refractivity contribution in [1.82, 2.24) is 9.97 Å². The van der Waals surface area contributed by atoms with Gasteiger partial charge in [-0.05, 0) is 43.2 Å². The maximum atomic E-state index is 6.34. The molecule has 0 aliphatic carbocycles. The van der Waals surface area contributed by atoms with Crippen LogP contribution in [0.2, 0.25) is 5.15 Å². The monoisotopic (exact) mass is 302 g/mol. The molecular weight excluding hydrogens is 288 g/mol. The number of benzene rings is 1. The van der Waals surface area contributed by atoms with Crippen molar-refractivity contribution in [3.63, 3.8) is 0 Å². The van der Waals surface area contributed by atoms with Gasteiger partial charge in [-0.1, -0.05) is 31.0 Å². The number of nitrogens with zero attached hydrogens (tertiary/aromatic N) is 2. The first-order valence-corrected chi connectivity index (χ1v) is 7.90. The molecule has 20 heavy (non-hydrogen) atoms. The van der Waals surface area contributed by atoms with Gasteiger partial charge in [0.2, 0.25) is 0 Å². The van der Waals surface area contributed by atoms with Crippen LogP contribution in [0.5, 0.6) is 0 Å². The predicted octanol–water partition coefficient (Wildman–Crippen LogP) is 5.27. The Labute approximate surface area is 127 Å². The van der Waals surface area contributed by atoms with Crippen LogP contribution in [0.4, 0.5) is 0 Å². The molecule has 2 nitrogen and oxygen atoms in total. The van der Waals surface area contributed by atoms with Crippen molar-refractivity contribution >= 4 is 33.8 Å². The zero-order valence-electron chi connectivity index (χ0n) is 11.5. The summed E-state index contributed by atoms with van der Waals surface area (Å²) in [6.45, 7) is 4.25. The summed E-state index contributed by atoms with van der Waals surface area (Å²) in [6, 6.07) is 10.4. The second-order valence-electron chi connectivity index (χ2n) is 4.85. The van der Waals surface area contributed by atoms with E-state index in [2.05, 4.69) is 42.0 Å². The minimum Gasteiger partial charge on any atom is -0.227 e. The van der Waals surface area contributed by atoms with Crippen molar-refractivity contribution in [1.29, 1.82) is 0 Å². The van der Waals surface area contributed by atoms with E-state index in [-0.39, 0.29) is 0 Å². The average molecular weight is 303 g/mol. The van der Waals surface area contributed by atoms with Crippen LogP contribution < -0.4 is 0 Å². The van der Waals surface area contributed by atoms with Crippen LogP contribution in [0.15, 0.2) is 30.3 Å². The standard InChI is InChI=1S/C16H15ClN2S/c1-3-4-11-6-7-13-12(9-11)15(17)19-16(18-13)14-8-5-10(2)20-14/h5-9H,3-4H2,1-2H3. The lowest BCUT2D eigenvalue weighted by Gasteiger charge is -2.05. The highest BCUT2D eigenvalue weighted by Gasteiger charge is 2.10. The second kappa shape index (κ2) is 5.51. The topological polar surface area (TPSA) is 25.8 Å². The number of hydrogen-bond acceptors (Lipinski definition) is 3. The highest BCUT2D eigenvalue weighted by Crippen LogP contribution is 2.29. The number of aromatic nitrogens is 2. The van der Waals surface area contributed by atoms with Crippen molar-refractivity contribution in [3.8, 4) is 10.7 Å². The largest absolute Gasteiger partial charge is 0.227 e. The van der Waals surface area contributed by atoms with E-state index in [4.69, 9.17) is 11.6 Å². The highest BCUT2D eigenvalue weighted by atomic mass is 35.5. The molecule has 0 aliphatic heterocycles. The molecule has 0 spiro atoms. The Morgan fingerprint density at radius 1 is 1.15 bits per heavy atom. The zero-order valence-corrected chi connectivity index (χ0v) is 13.1. The molecule has 0 fully saturated rings. The van der Waals surface area contributed by atoms with Gasteiger partial charge < -0.3 is 0 Å². The predicted molar refractivity (Wildman–Crippen MR) is 86.6 cm³/mol. The summed E-state index contributed by atoms with van der Waals surface area (Å²) in [6.07, 6.45) is 2.18. The maximum Gasteiger partial charge on any atom is 0.171 e. The second-order valence-corrected chi connectivity index (χ2v) is 6.50. The first-order valence-electron chi connectivity index (χ1n) is 6.70. The summed E-state index contributed by atoms with van der Waals surface area (Å²) in [4.78, 5) is 11.4. The molecule has 0 aliphatic rings. The average Bonchev–Trinajstić information content (AvgIpc) is 2.86. The summed E-state index contributed by atoms with van der Waals surface area (Å²) in [5, 5.41) is 1.48. The molecule has 1 aromatic carbocycles. The molecule has 3 aromatic rings. The summed E-state index contributed by atoms with van der Waals surface area (Å²) < 4.78 is 0. The lowest BCUT2D eigenvalue weighted by atomic mass is 10.1. The van der Waals surface area contributed by atoms with E-state index < -0.39 is 0 Å². The van der Waals surface area contributed by atoms with Crippen molar-refractivity contribution in [3.05, 3.63) is 45.9 Å². The van der Waals surface area contributed by atoms with Crippen molar-refractivity contribution in [2.75, 3.05) is 0 Å². The van der Waals surface area contributed by atoms with Crippen LogP contribution in [-0.4, -0.2) is 9.97 Å². The molecule has 4 heteroatoms. The van der Waals surface area contributed by atoms with Gasteiger partial charge in [0, 0.05) is 10.3 Å². The van der Waals surface area contributed by atoms with Gasteiger partial charge in [0.25, 0.3) is 0 Å². The van der Waals surface area contributed by atoms with E-state index in [1.807, 2.05) is 12.1 Å². The Balaban J connectivity index is 2.12. The quantitative estimate of drug-likeness (QED) is 0.616. The summed E-state index contributed by atoms with van der Waals surface area (Å²) >= 11 is 8.03. The lowest BCUT2D eigenvalue weighted by molar-refractivity contribution is 0.923. The van der Waals surface area contributed by atoms with Gasteiger partial charge in [-0.15, -0.1) is 11.3 Å². The Morgan fingerprint density at radius 3 is 2.70 bits per heavy atom. The number of halogens is 1. The number of hydrogen-bond donors (Lipinski definition) is 0. The Hall–Kier alpha value is -1.45. The Kier molecular flexibility index (Phi) is 3.72. The van der Waals surface area contributed by atoms with Gasteiger partial charge in [-0.3, -0.25) is 0 Å². The molecule has 0 saturated carbocycles. The first kappa shape index (κ1) is 13.5. The minimum atomic E-state index is 0.536. The molecule has 2 heterocycles. The van der Waals surface area contributed by atoms with E-state index >= 15 is 0 Å². The van der Waals surface area contributed by atoms with E-state index in [1.54, 1.807) is 11.3 Å². The van der Waals surface area contributed by atoms with E-state index in [0.717, 1.165) is 28.6 Å². The fourth-order valence-corrected chi connectivity index (χ4v) is 3.28. The molecule has 0 saturated heterocycles. The highest BCUT2D eigenvalue weighted by molar-refractivity contribution is 7.15. The van der Waals surface area contributed by atoms with Gasteiger partial charge in [-0.25, -0.2) is 9.97 Å². The molecule has 0 amide bonds. The van der Waals surface area contributed by atoms with E-state index in [0.29, 0.717) is 11.0 Å². The molecular formula is C16H15ClN2S.